The zero-order chi connectivity index (χ0) is 13.4. The van der Waals surface area contributed by atoms with Crippen LogP contribution in [0.4, 0.5) is 0 Å². The highest BCUT2D eigenvalue weighted by molar-refractivity contribution is 5.79. The first-order valence-corrected chi connectivity index (χ1v) is 7.25. The lowest BCUT2D eigenvalue weighted by molar-refractivity contribution is 0.533. The van der Waals surface area contributed by atoms with Crippen LogP contribution in [-0.4, -0.2) is 11.0 Å². The Hall–Kier alpha value is -2.06. The molecule has 20 heavy (non-hydrogen) atoms. The molecule has 0 bridgehead atoms. The number of rotatable bonds is 3. The zero-order valence-electron chi connectivity index (χ0n) is 11.4. The standard InChI is InChI=1S/C18H18N2/c1-2-4-15-11-17(10-14(15)3-1)20-12-13-5-6-18-16(9-13)7-8-19-18/h1-9,17,19-20H,10-12H2. The molecule has 0 radical (unpaired) electrons. The number of fused-ring (bicyclic) bond motifs is 2. The predicted octanol–water partition coefficient (Wildman–Crippen LogP) is 3.42. The van der Waals surface area contributed by atoms with Gasteiger partial charge in [0.25, 0.3) is 0 Å². The summed E-state index contributed by atoms with van der Waals surface area (Å²) in [6.07, 6.45) is 4.31. The van der Waals surface area contributed by atoms with E-state index >= 15 is 0 Å². The zero-order valence-corrected chi connectivity index (χ0v) is 11.4. The van der Waals surface area contributed by atoms with Crippen molar-refractivity contribution in [1.29, 1.82) is 0 Å². The van der Waals surface area contributed by atoms with Crippen molar-refractivity contribution in [2.75, 3.05) is 0 Å². The van der Waals surface area contributed by atoms with Crippen molar-refractivity contribution >= 4 is 10.9 Å². The SMILES string of the molecule is c1ccc2c(c1)CC(NCc1ccc3[nH]ccc3c1)C2. The Balaban J connectivity index is 1.44. The second kappa shape index (κ2) is 4.80. The van der Waals surface area contributed by atoms with Crippen LogP contribution in [0.15, 0.2) is 54.7 Å². The van der Waals surface area contributed by atoms with Gasteiger partial charge < -0.3 is 10.3 Å². The van der Waals surface area contributed by atoms with Crippen molar-refractivity contribution in [1.82, 2.24) is 10.3 Å². The van der Waals surface area contributed by atoms with E-state index in [2.05, 4.69) is 58.8 Å². The summed E-state index contributed by atoms with van der Waals surface area (Å²) < 4.78 is 0. The topological polar surface area (TPSA) is 27.8 Å². The molecule has 0 unspecified atom stereocenters. The molecule has 100 valence electrons. The Morgan fingerprint density at radius 1 is 1.00 bits per heavy atom. The smallest absolute Gasteiger partial charge is 0.0454 e. The van der Waals surface area contributed by atoms with Gasteiger partial charge in [-0.15, -0.1) is 0 Å². The van der Waals surface area contributed by atoms with Gasteiger partial charge >= 0.3 is 0 Å². The van der Waals surface area contributed by atoms with Gasteiger partial charge in [-0.25, -0.2) is 0 Å². The van der Waals surface area contributed by atoms with E-state index in [1.54, 1.807) is 0 Å². The molecule has 1 heterocycles. The summed E-state index contributed by atoms with van der Waals surface area (Å²) in [5.41, 5.74) is 5.58. The minimum absolute atomic E-state index is 0.578. The highest BCUT2D eigenvalue weighted by Gasteiger charge is 2.19. The third-order valence-electron chi connectivity index (χ3n) is 4.26. The minimum Gasteiger partial charge on any atom is -0.361 e. The Kier molecular flexibility index (Phi) is 2.82. The molecule has 4 rings (SSSR count). The Morgan fingerprint density at radius 2 is 1.80 bits per heavy atom. The quantitative estimate of drug-likeness (QED) is 0.743. The molecule has 3 aromatic rings. The van der Waals surface area contributed by atoms with Gasteiger partial charge in [0.1, 0.15) is 0 Å². The summed E-state index contributed by atoms with van der Waals surface area (Å²) in [7, 11) is 0. The number of aromatic nitrogens is 1. The second-order valence-corrected chi connectivity index (χ2v) is 5.65. The van der Waals surface area contributed by atoms with Gasteiger partial charge in [-0.2, -0.15) is 0 Å². The monoisotopic (exact) mass is 262 g/mol. The maximum Gasteiger partial charge on any atom is 0.0454 e. The van der Waals surface area contributed by atoms with Gasteiger partial charge in [-0.1, -0.05) is 30.3 Å². The van der Waals surface area contributed by atoms with Crippen LogP contribution in [0.3, 0.4) is 0 Å². The first-order valence-electron chi connectivity index (χ1n) is 7.25. The lowest BCUT2D eigenvalue weighted by Gasteiger charge is -2.12. The summed E-state index contributed by atoms with van der Waals surface area (Å²) in [6, 6.07) is 18.1. The molecule has 0 aliphatic heterocycles. The Labute approximate surface area is 118 Å². The molecule has 1 aromatic heterocycles. The molecule has 2 heteroatoms. The number of hydrogen-bond donors (Lipinski definition) is 2. The molecular weight excluding hydrogens is 244 g/mol. The molecule has 2 N–H and O–H groups in total. The summed E-state index contributed by atoms with van der Waals surface area (Å²) in [5, 5.41) is 4.98. The van der Waals surface area contributed by atoms with Crippen LogP contribution in [0.2, 0.25) is 0 Å². The molecule has 0 spiro atoms. The van der Waals surface area contributed by atoms with Crippen molar-refractivity contribution < 1.29 is 0 Å². The molecular formula is C18H18N2. The maximum atomic E-state index is 3.69. The molecule has 0 amide bonds. The fourth-order valence-electron chi connectivity index (χ4n) is 3.18. The normalized spacial score (nSPS) is 14.8. The summed E-state index contributed by atoms with van der Waals surface area (Å²) in [5.74, 6) is 0. The van der Waals surface area contributed by atoms with Gasteiger partial charge in [0.2, 0.25) is 0 Å². The van der Waals surface area contributed by atoms with Crippen LogP contribution in [0.1, 0.15) is 16.7 Å². The van der Waals surface area contributed by atoms with Gasteiger partial charge in [0.15, 0.2) is 0 Å². The molecule has 0 saturated carbocycles. The first-order chi connectivity index (χ1) is 9.88. The second-order valence-electron chi connectivity index (χ2n) is 5.65. The maximum absolute atomic E-state index is 3.69. The van der Waals surface area contributed by atoms with Gasteiger partial charge in [0, 0.05) is 24.3 Å². The number of aromatic amines is 1. The van der Waals surface area contributed by atoms with Crippen molar-refractivity contribution in [2.24, 2.45) is 0 Å². The lowest BCUT2D eigenvalue weighted by atomic mass is 10.1. The van der Waals surface area contributed by atoms with E-state index in [0.29, 0.717) is 6.04 Å². The van der Waals surface area contributed by atoms with Crippen molar-refractivity contribution in [3.63, 3.8) is 0 Å². The van der Waals surface area contributed by atoms with Crippen molar-refractivity contribution in [2.45, 2.75) is 25.4 Å². The van der Waals surface area contributed by atoms with Crippen molar-refractivity contribution in [3.05, 3.63) is 71.4 Å². The average molecular weight is 262 g/mol. The largest absolute Gasteiger partial charge is 0.361 e. The third kappa shape index (κ3) is 2.12. The van der Waals surface area contributed by atoms with E-state index in [1.807, 2.05) is 6.20 Å². The van der Waals surface area contributed by atoms with E-state index in [9.17, 15) is 0 Å². The highest BCUT2D eigenvalue weighted by atomic mass is 14.9. The first kappa shape index (κ1) is 11.7. The van der Waals surface area contributed by atoms with E-state index < -0.39 is 0 Å². The van der Waals surface area contributed by atoms with Crippen LogP contribution >= 0.6 is 0 Å². The van der Waals surface area contributed by atoms with Crippen LogP contribution in [0.5, 0.6) is 0 Å². The average Bonchev–Trinajstić information content (AvgIpc) is 3.10. The van der Waals surface area contributed by atoms with Crippen LogP contribution in [0.25, 0.3) is 10.9 Å². The summed E-state index contributed by atoms with van der Waals surface area (Å²) in [4.78, 5) is 3.24. The summed E-state index contributed by atoms with van der Waals surface area (Å²) >= 11 is 0. The number of H-pyrrole nitrogens is 1. The number of nitrogens with one attached hydrogen (secondary N) is 2. The number of benzene rings is 2. The van der Waals surface area contributed by atoms with Crippen LogP contribution in [-0.2, 0) is 19.4 Å². The van der Waals surface area contributed by atoms with Crippen LogP contribution < -0.4 is 5.32 Å². The third-order valence-corrected chi connectivity index (χ3v) is 4.26. The lowest BCUT2D eigenvalue weighted by Crippen LogP contribution is -2.28. The fourth-order valence-corrected chi connectivity index (χ4v) is 3.18. The molecule has 2 aromatic carbocycles. The van der Waals surface area contributed by atoms with Crippen molar-refractivity contribution in [3.8, 4) is 0 Å². The molecule has 0 atom stereocenters. The van der Waals surface area contributed by atoms with Gasteiger partial charge in [-0.05, 0) is 53.1 Å². The Morgan fingerprint density at radius 3 is 2.60 bits per heavy atom. The van der Waals surface area contributed by atoms with Gasteiger partial charge in [-0.3, -0.25) is 0 Å². The highest BCUT2D eigenvalue weighted by Crippen LogP contribution is 2.22. The minimum atomic E-state index is 0.578. The Bertz CT molecular complexity index is 717. The van der Waals surface area contributed by atoms with Gasteiger partial charge in [0.05, 0.1) is 0 Å². The molecule has 0 fully saturated rings. The van der Waals surface area contributed by atoms with Crippen LogP contribution in [0, 0.1) is 0 Å². The summed E-state index contributed by atoms with van der Waals surface area (Å²) in [6.45, 7) is 0.944. The van der Waals surface area contributed by atoms with E-state index in [4.69, 9.17) is 0 Å². The fraction of sp³-hybridized carbons (Fsp3) is 0.222. The van der Waals surface area contributed by atoms with E-state index in [1.165, 1.54) is 27.6 Å². The predicted molar refractivity (Wildman–Crippen MR) is 82.8 cm³/mol. The van der Waals surface area contributed by atoms with E-state index in [-0.39, 0.29) is 0 Å². The number of hydrogen-bond acceptors (Lipinski definition) is 1. The molecule has 0 saturated heterocycles. The van der Waals surface area contributed by atoms with E-state index in [0.717, 1.165) is 19.4 Å². The molecule has 1 aliphatic carbocycles. The molecule has 2 nitrogen and oxygen atoms in total. The molecule has 1 aliphatic rings.